The molecule has 0 saturated heterocycles. The van der Waals surface area contributed by atoms with Gasteiger partial charge in [-0.25, -0.2) is 0 Å². The van der Waals surface area contributed by atoms with Crippen molar-refractivity contribution >= 4 is 40.9 Å². The summed E-state index contributed by atoms with van der Waals surface area (Å²) in [7, 11) is 0. The minimum atomic E-state index is 0.0213. The normalized spacial score (nSPS) is 16.2. The molecular formula is C18H17Cl2NO2S. The summed E-state index contributed by atoms with van der Waals surface area (Å²) in [5, 5.41) is 4.18. The highest BCUT2D eigenvalue weighted by atomic mass is 35.5. The summed E-state index contributed by atoms with van der Waals surface area (Å²) < 4.78 is 5.62. The van der Waals surface area contributed by atoms with Gasteiger partial charge in [-0.15, -0.1) is 11.8 Å². The number of ether oxygens (including phenoxy) is 1. The lowest BCUT2D eigenvalue weighted by Crippen LogP contribution is -2.33. The molecule has 1 aliphatic heterocycles. The fourth-order valence-corrected chi connectivity index (χ4v) is 3.73. The summed E-state index contributed by atoms with van der Waals surface area (Å²) in [5.74, 6) is 2.01. The lowest BCUT2D eigenvalue weighted by molar-refractivity contribution is -0.119. The number of hydrogen-bond donors (Lipinski definition) is 1. The molecule has 1 heterocycles. The van der Waals surface area contributed by atoms with Crippen LogP contribution in [0.2, 0.25) is 10.0 Å². The van der Waals surface area contributed by atoms with Crippen LogP contribution in [0.4, 0.5) is 0 Å². The van der Waals surface area contributed by atoms with Gasteiger partial charge in [0, 0.05) is 17.7 Å². The lowest BCUT2D eigenvalue weighted by atomic mass is 10.0. The van der Waals surface area contributed by atoms with E-state index in [2.05, 4.69) is 5.32 Å². The molecule has 126 valence electrons. The standard InChI is InChI=1S/C18H17Cl2NO2S/c19-14-6-5-12(9-15(14)20)10-24-11-18(22)21-16-7-8-23-17-4-2-1-3-13(16)17/h1-6,9,16H,7-8,10-11H2,(H,21,22)/t16-/m1/s1. The molecule has 0 radical (unpaired) electrons. The molecule has 0 aromatic heterocycles. The number of fused-ring (bicyclic) bond motifs is 1. The van der Waals surface area contributed by atoms with Crippen molar-refractivity contribution in [3.05, 3.63) is 63.6 Å². The van der Waals surface area contributed by atoms with E-state index in [9.17, 15) is 4.79 Å². The molecule has 3 rings (SSSR count). The topological polar surface area (TPSA) is 38.3 Å². The molecule has 1 amide bonds. The Morgan fingerprint density at radius 1 is 1.21 bits per heavy atom. The highest BCUT2D eigenvalue weighted by Gasteiger charge is 2.22. The number of nitrogens with one attached hydrogen (secondary N) is 1. The van der Waals surface area contributed by atoms with Crippen molar-refractivity contribution in [3.8, 4) is 5.75 Å². The molecule has 3 nitrogen and oxygen atoms in total. The molecule has 0 saturated carbocycles. The van der Waals surface area contributed by atoms with Gasteiger partial charge in [0.1, 0.15) is 5.75 Å². The summed E-state index contributed by atoms with van der Waals surface area (Å²) in [5.41, 5.74) is 2.10. The van der Waals surface area contributed by atoms with Crippen LogP contribution in [-0.4, -0.2) is 18.3 Å². The van der Waals surface area contributed by atoms with Gasteiger partial charge in [-0.2, -0.15) is 0 Å². The van der Waals surface area contributed by atoms with Crippen LogP contribution < -0.4 is 10.1 Å². The number of carbonyl (C=O) groups excluding carboxylic acids is 1. The first-order valence-corrected chi connectivity index (χ1v) is 9.57. The fourth-order valence-electron chi connectivity index (χ4n) is 2.62. The number of amides is 1. The predicted octanol–water partition coefficient (Wildman–Crippen LogP) is 4.87. The Hall–Kier alpha value is -1.36. The highest BCUT2D eigenvalue weighted by Crippen LogP contribution is 2.31. The minimum Gasteiger partial charge on any atom is -0.493 e. The zero-order chi connectivity index (χ0) is 16.9. The predicted molar refractivity (Wildman–Crippen MR) is 100 cm³/mol. The van der Waals surface area contributed by atoms with E-state index in [1.165, 1.54) is 0 Å². The van der Waals surface area contributed by atoms with Gasteiger partial charge >= 0.3 is 0 Å². The SMILES string of the molecule is O=C(CSCc1ccc(Cl)c(Cl)c1)N[C@@H]1CCOc2ccccc21. The number of hydrogen-bond acceptors (Lipinski definition) is 3. The van der Waals surface area contributed by atoms with Gasteiger partial charge in [-0.3, -0.25) is 4.79 Å². The average Bonchev–Trinajstić information content (AvgIpc) is 2.58. The van der Waals surface area contributed by atoms with E-state index in [1.54, 1.807) is 17.8 Å². The van der Waals surface area contributed by atoms with Crippen LogP contribution in [0.25, 0.3) is 0 Å². The van der Waals surface area contributed by atoms with Crippen molar-refractivity contribution in [2.75, 3.05) is 12.4 Å². The number of para-hydroxylation sites is 1. The van der Waals surface area contributed by atoms with Crippen LogP contribution in [0.3, 0.4) is 0 Å². The summed E-state index contributed by atoms with van der Waals surface area (Å²) in [6, 6.07) is 13.4. The van der Waals surface area contributed by atoms with E-state index in [1.807, 2.05) is 36.4 Å². The van der Waals surface area contributed by atoms with Crippen LogP contribution in [-0.2, 0) is 10.5 Å². The van der Waals surface area contributed by atoms with E-state index in [4.69, 9.17) is 27.9 Å². The fraction of sp³-hybridized carbons (Fsp3) is 0.278. The number of rotatable bonds is 5. The minimum absolute atomic E-state index is 0.0213. The molecular weight excluding hydrogens is 365 g/mol. The molecule has 1 N–H and O–H groups in total. The zero-order valence-electron chi connectivity index (χ0n) is 12.9. The molecule has 0 bridgehead atoms. The second-order valence-corrected chi connectivity index (χ2v) is 7.34. The monoisotopic (exact) mass is 381 g/mol. The maximum absolute atomic E-state index is 12.2. The van der Waals surface area contributed by atoms with Gasteiger partial charge in [0.2, 0.25) is 5.91 Å². The van der Waals surface area contributed by atoms with Crippen molar-refractivity contribution < 1.29 is 9.53 Å². The van der Waals surface area contributed by atoms with Crippen molar-refractivity contribution in [1.82, 2.24) is 5.32 Å². The molecule has 2 aromatic carbocycles. The average molecular weight is 382 g/mol. The number of benzene rings is 2. The van der Waals surface area contributed by atoms with Crippen LogP contribution >= 0.6 is 35.0 Å². The van der Waals surface area contributed by atoms with E-state index < -0.39 is 0 Å². The molecule has 24 heavy (non-hydrogen) atoms. The maximum Gasteiger partial charge on any atom is 0.230 e. The summed E-state index contributed by atoms with van der Waals surface area (Å²) >= 11 is 13.5. The van der Waals surface area contributed by atoms with Gasteiger partial charge in [-0.1, -0.05) is 47.5 Å². The Kier molecular flexibility index (Phi) is 5.93. The first-order chi connectivity index (χ1) is 11.6. The Morgan fingerprint density at radius 3 is 2.88 bits per heavy atom. The summed E-state index contributed by atoms with van der Waals surface area (Å²) in [4.78, 5) is 12.2. The molecule has 6 heteroatoms. The highest BCUT2D eigenvalue weighted by molar-refractivity contribution is 7.99. The smallest absolute Gasteiger partial charge is 0.230 e. The second-order valence-electron chi connectivity index (χ2n) is 5.54. The Bertz CT molecular complexity index is 739. The van der Waals surface area contributed by atoms with Crippen molar-refractivity contribution in [2.24, 2.45) is 0 Å². The van der Waals surface area contributed by atoms with E-state index in [0.29, 0.717) is 28.2 Å². The van der Waals surface area contributed by atoms with Crippen LogP contribution in [0.1, 0.15) is 23.6 Å². The summed E-state index contributed by atoms with van der Waals surface area (Å²) in [6.07, 6.45) is 0.792. The molecule has 2 aromatic rings. The van der Waals surface area contributed by atoms with E-state index >= 15 is 0 Å². The third-order valence-electron chi connectivity index (χ3n) is 3.78. The Balaban J connectivity index is 1.50. The van der Waals surface area contributed by atoms with Gasteiger partial charge in [0.25, 0.3) is 0 Å². The molecule has 0 spiro atoms. The number of carbonyl (C=O) groups is 1. The van der Waals surface area contributed by atoms with Crippen molar-refractivity contribution in [3.63, 3.8) is 0 Å². The zero-order valence-corrected chi connectivity index (χ0v) is 15.3. The lowest BCUT2D eigenvalue weighted by Gasteiger charge is -2.26. The van der Waals surface area contributed by atoms with Crippen molar-refractivity contribution in [2.45, 2.75) is 18.2 Å². The molecule has 0 aliphatic carbocycles. The summed E-state index contributed by atoms with van der Waals surface area (Å²) in [6.45, 7) is 0.623. The van der Waals surface area contributed by atoms with Crippen LogP contribution in [0, 0.1) is 0 Å². The Labute approximate surface area is 155 Å². The van der Waals surface area contributed by atoms with Crippen molar-refractivity contribution in [1.29, 1.82) is 0 Å². The second kappa shape index (κ2) is 8.15. The van der Waals surface area contributed by atoms with Gasteiger partial charge < -0.3 is 10.1 Å². The molecule has 1 aliphatic rings. The third-order valence-corrected chi connectivity index (χ3v) is 5.52. The van der Waals surface area contributed by atoms with E-state index in [0.717, 1.165) is 23.3 Å². The van der Waals surface area contributed by atoms with Gasteiger partial charge in [-0.05, 0) is 23.8 Å². The molecule has 0 unspecified atom stereocenters. The maximum atomic E-state index is 12.2. The van der Waals surface area contributed by atoms with Crippen LogP contribution in [0.5, 0.6) is 5.75 Å². The first kappa shape index (κ1) is 17.5. The number of halogens is 2. The quantitative estimate of drug-likeness (QED) is 0.802. The largest absolute Gasteiger partial charge is 0.493 e. The molecule has 0 fully saturated rings. The third kappa shape index (κ3) is 4.38. The van der Waals surface area contributed by atoms with Crippen LogP contribution in [0.15, 0.2) is 42.5 Å². The number of thioether (sulfide) groups is 1. The first-order valence-electron chi connectivity index (χ1n) is 7.66. The van der Waals surface area contributed by atoms with Gasteiger partial charge in [0.15, 0.2) is 0 Å². The van der Waals surface area contributed by atoms with Gasteiger partial charge in [0.05, 0.1) is 28.4 Å². The molecule has 1 atom stereocenters. The Morgan fingerprint density at radius 2 is 2.04 bits per heavy atom. The van der Waals surface area contributed by atoms with E-state index in [-0.39, 0.29) is 11.9 Å².